The maximum Gasteiger partial charge on any atom is 0.259 e. The van der Waals surface area contributed by atoms with Gasteiger partial charge in [-0.1, -0.05) is 12.1 Å². The molecule has 0 unspecified atom stereocenters. The van der Waals surface area contributed by atoms with E-state index in [4.69, 9.17) is 10.5 Å². The molecule has 32 heavy (non-hydrogen) atoms. The molecule has 1 fully saturated rings. The molecule has 4 rings (SSSR count). The van der Waals surface area contributed by atoms with Gasteiger partial charge in [-0.05, 0) is 37.1 Å². The summed E-state index contributed by atoms with van der Waals surface area (Å²) in [6.07, 6.45) is 4.88. The molecular weight excluding hydrogens is 408 g/mol. The number of hydrogen-bond donors (Lipinski definition) is 2. The van der Waals surface area contributed by atoms with Crippen molar-refractivity contribution < 1.29 is 14.3 Å². The Kier molecular flexibility index (Phi) is 6.07. The van der Waals surface area contributed by atoms with Gasteiger partial charge in [0.25, 0.3) is 11.8 Å². The van der Waals surface area contributed by atoms with Crippen LogP contribution in [-0.4, -0.2) is 51.7 Å². The minimum Gasteiger partial charge on any atom is -0.495 e. The number of carbonyl (C=O) groups excluding carboxylic acids is 2. The number of likely N-dealkylation sites (tertiary alicyclic amines) is 1. The lowest BCUT2D eigenvalue weighted by atomic mass is 9.92. The summed E-state index contributed by atoms with van der Waals surface area (Å²) < 4.78 is 6.89. The van der Waals surface area contributed by atoms with Gasteiger partial charge in [0.2, 0.25) is 0 Å². The first kappa shape index (κ1) is 21.4. The molecule has 166 valence electrons. The fraction of sp³-hybridized carbons (Fsp3) is 0.304. The Morgan fingerprint density at radius 2 is 1.91 bits per heavy atom. The minimum absolute atomic E-state index is 0.00705. The van der Waals surface area contributed by atoms with E-state index in [2.05, 4.69) is 15.4 Å². The summed E-state index contributed by atoms with van der Waals surface area (Å²) in [4.78, 5) is 31.7. The first-order valence-corrected chi connectivity index (χ1v) is 10.4. The summed E-state index contributed by atoms with van der Waals surface area (Å²) >= 11 is 0. The van der Waals surface area contributed by atoms with Crippen molar-refractivity contribution in [3.05, 3.63) is 65.6 Å². The maximum absolute atomic E-state index is 12.7. The van der Waals surface area contributed by atoms with Crippen molar-refractivity contribution >= 4 is 23.3 Å². The number of rotatable bonds is 5. The van der Waals surface area contributed by atoms with Gasteiger partial charge >= 0.3 is 0 Å². The van der Waals surface area contributed by atoms with Crippen LogP contribution in [0, 0.1) is 0 Å². The van der Waals surface area contributed by atoms with Crippen molar-refractivity contribution in [1.29, 1.82) is 0 Å². The number of ether oxygens (including phenoxy) is 1. The van der Waals surface area contributed by atoms with E-state index in [-0.39, 0.29) is 23.6 Å². The number of para-hydroxylation sites is 2. The van der Waals surface area contributed by atoms with Crippen LogP contribution in [0.5, 0.6) is 5.75 Å². The molecule has 0 bridgehead atoms. The lowest BCUT2D eigenvalue weighted by Gasteiger charge is -2.31. The molecule has 3 N–H and O–H groups in total. The lowest BCUT2D eigenvalue weighted by Crippen LogP contribution is -2.38. The number of anilines is 2. The summed E-state index contributed by atoms with van der Waals surface area (Å²) in [7, 11) is 3.34. The average molecular weight is 435 g/mol. The van der Waals surface area contributed by atoms with E-state index in [9.17, 15) is 9.59 Å². The first-order chi connectivity index (χ1) is 15.5. The second kappa shape index (κ2) is 9.09. The highest BCUT2D eigenvalue weighted by atomic mass is 16.5. The number of nitrogens with one attached hydrogen (secondary N) is 1. The molecule has 3 heterocycles. The molecule has 1 aliphatic rings. The number of pyridine rings is 1. The van der Waals surface area contributed by atoms with E-state index < -0.39 is 0 Å². The van der Waals surface area contributed by atoms with Gasteiger partial charge in [0, 0.05) is 37.9 Å². The van der Waals surface area contributed by atoms with E-state index >= 15 is 0 Å². The van der Waals surface area contributed by atoms with Crippen LogP contribution in [0.2, 0.25) is 0 Å². The number of benzene rings is 1. The van der Waals surface area contributed by atoms with Gasteiger partial charge in [-0.25, -0.2) is 4.98 Å². The highest BCUT2D eigenvalue weighted by Gasteiger charge is 2.26. The third kappa shape index (κ3) is 4.41. The Morgan fingerprint density at radius 3 is 2.56 bits per heavy atom. The van der Waals surface area contributed by atoms with Crippen molar-refractivity contribution in [1.82, 2.24) is 19.7 Å². The molecular formula is C23H26N6O3. The zero-order valence-electron chi connectivity index (χ0n) is 18.1. The second-order valence-electron chi connectivity index (χ2n) is 7.79. The predicted molar refractivity (Wildman–Crippen MR) is 121 cm³/mol. The number of amides is 2. The number of carbonyl (C=O) groups is 2. The van der Waals surface area contributed by atoms with Crippen LogP contribution in [-0.2, 0) is 7.05 Å². The molecule has 2 amide bonds. The topological polar surface area (TPSA) is 115 Å². The van der Waals surface area contributed by atoms with Crippen LogP contribution >= 0.6 is 0 Å². The fourth-order valence-corrected chi connectivity index (χ4v) is 3.94. The van der Waals surface area contributed by atoms with E-state index in [1.54, 1.807) is 49.4 Å². The van der Waals surface area contributed by atoms with Gasteiger partial charge in [-0.3, -0.25) is 14.3 Å². The number of aryl methyl sites for hydroxylation is 1. The largest absolute Gasteiger partial charge is 0.495 e. The third-order valence-corrected chi connectivity index (χ3v) is 5.70. The van der Waals surface area contributed by atoms with Crippen LogP contribution in [0.25, 0.3) is 0 Å². The normalized spacial score (nSPS) is 14.2. The van der Waals surface area contributed by atoms with Crippen molar-refractivity contribution in [2.24, 2.45) is 7.05 Å². The van der Waals surface area contributed by atoms with Crippen LogP contribution in [0.1, 0.15) is 45.2 Å². The van der Waals surface area contributed by atoms with E-state index in [1.807, 2.05) is 23.1 Å². The van der Waals surface area contributed by atoms with Crippen molar-refractivity contribution in [3.63, 3.8) is 0 Å². The molecule has 0 spiro atoms. The van der Waals surface area contributed by atoms with Gasteiger partial charge in [-0.15, -0.1) is 0 Å². The second-order valence-corrected chi connectivity index (χ2v) is 7.79. The van der Waals surface area contributed by atoms with Crippen LogP contribution < -0.4 is 15.8 Å². The highest BCUT2D eigenvalue weighted by Crippen LogP contribution is 2.29. The molecule has 1 aliphatic heterocycles. The van der Waals surface area contributed by atoms with Gasteiger partial charge in [-0.2, -0.15) is 5.10 Å². The molecule has 0 saturated carbocycles. The molecule has 2 aromatic heterocycles. The molecule has 1 aromatic carbocycles. The Morgan fingerprint density at radius 1 is 1.16 bits per heavy atom. The molecule has 3 aromatic rings. The van der Waals surface area contributed by atoms with Gasteiger partial charge < -0.3 is 20.7 Å². The zero-order valence-corrected chi connectivity index (χ0v) is 18.1. The number of nitrogens with two attached hydrogens (primary N) is 1. The van der Waals surface area contributed by atoms with Gasteiger partial charge in [0.05, 0.1) is 30.1 Å². The highest BCUT2D eigenvalue weighted by molar-refractivity contribution is 6.07. The van der Waals surface area contributed by atoms with Crippen LogP contribution in [0.3, 0.4) is 0 Å². The molecule has 0 atom stereocenters. The minimum atomic E-state index is -0.345. The summed E-state index contributed by atoms with van der Waals surface area (Å²) in [5.41, 5.74) is 8.44. The van der Waals surface area contributed by atoms with Crippen molar-refractivity contribution in [2.75, 3.05) is 31.2 Å². The zero-order chi connectivity index (χ0) is 22.7. The predicted octanol–water partition coefficient (Wildman–Crippen LogP) is 2.68. The average Bonchev–Trinajstić information content (AvgIpc) is 3.25. The Balaban J connectivity index is 1.40. The van der Waals surface area contributed by atoms with Gasteiger partial charge in [0.15, 0.2) is 0 Å². The van der Waals surface area contributed by atoms with Gasteiger partial charge in [0.1, 0.15) is 11.6 Å². The van der Waals surface area contributed by atoms with E-state index in [0.717, 1.165) is 18.5 Å². The standard InChI is InChI=1S/C23H26N6O3/c1-28-14-16(13-25-28)23(31)29-11-9-15(10-12-29)18-8-7-17(21(24)26-18)22(30)27-19-5-3-4-6-20(19)32-2/h3-8,13-15H,9-12H2,1-2H3,(H2,24,26)(H,27,30). The number of methoxy groups -OCH3 is 1. The van der Waals surface area contributed by atoms with Crippen molar-refractivity contribution in [3.8, 4) is 5.75 Å². The van der Waals surface area contributed by atoms with Crippen LogP contribution in [0.4, 0.5) is 11.5 Å². The molecule has 0 radical (unpaired) electrons. The summed E-state index contributed by atoms with van der Waals surface area (Å²) in [6.45, 7) is 1.27. The lowest BCUT2D eigenvalue weighted by molar-refractivity contribution is 0.0711. The van der Waals surface area contributed by atoms with Crippen molar-refractivity contribution in [2.45, 2.75) is 18.8 Å². The Bertz CT molecular complexity index is 1130. The summed E-state index contributed by atoms with van der Waals surface area (Å²) in [5.74, 6) is 0.581. The quantitative estimate of drug-likeness (QED) is 0.638. The molecule has 9 heteroatoms. The summed E-state index contributed by atoms with van der Waals surface area (Å²) in [6, 6.07) is 10.7. The third-order valence-electron chi connectivity index (χ3n) is 5.70. The molecule has 0 aliphatic carbocycles. The number of piperidine rings is 1. The molecule has 1 saturated heterocycles. The van der Waals surface area contributed by atoms with Crippen LogP contribution in [0.15, 0.2) is 48.8 Å². The Labute approximate surface area is 186 Å². The fourth-order valence-electron chi connectivity index (χ4n) is 3.94. The number of nitrogen functional groups attached to an aromatic ring is 1. The molecule has 9 nitrogen and oxygen atoms in total. The summed E-state index contributed by atoms with van der Waals surface area (Å²) in [5, 5.41) is 6.89. The monoisotopic (exact) mass is 434 g/mol. The number of aromatic nitrogens is 3. The van der Waals surface area contributed by atoms with E-state index in [0.29, 0.717) is 35.7 Å². The smallest absolute Gasteiger partial charge is 0.259 e. The first-order valence-electron chi connectivity index (χ1n) is 10.4. The maximum atomic E-state index is 12.7. The Hall–Kier alpha value is -3.88. The number of hydrogen-bond acceptors (Lipinski definition) is 6. The number of nitrogens with zero attached hydrogens (tertiary/aromatic N) is 4. The van der Waals surface area contributed by atoms with E-state index in [1.165, 1.54) is 0 Å². The SMILES string of the molecule is COc1ccccc1NC(=O)c1ccc(C2CCN(C(=O)c3cnn(C)c3)CC2)nc1N.